The van der Waals surface area contributed by atoms with Crippen molar-refractivity contribution < 1.29 is 4.74 Å². The second-order valence-electron chi connectivity index (χ2n) is 6.62. The van der Waals surface area contributed by atoms with Gasteiger partial charge in [-0.3, -0.25) is 9.89 Å². The first-order chi connectivity index (χ1) is 10.8. The average molecular weight is 438 g/mol. The fraction of sp³-hybridized carbons (Fsp3) is 0.941. The number of hydrogen-bond donors (Lipinski definition) is 2. The molecule has 5 nitrogen and oxygen atoms in total. The highest BCUT2D eigenvalue weighted by molar-refractivity contribution is 14.0. The van der Waals surface area contributed by atoms with Gasteiger partial charge in [0.15, 0.2) is 5.96 Å². The summed E-state index contributed by atoms with van der Waals surface area (Å²) in [6.07, 6.45) is 10.4. The summed E-state index contributed by atoms with van der Waals surface area (Å²) in [6, 6.07) is 1.41. The largest absolute Gasteiger partial charge is 0.385 e. The van der Waals surface area contributed by atoms with Gasteiger partial charge in [0.25, 0.3) is 0 Å². The molecule has 2 aliphatic rings. The molecule has 6 heteroatoms. The standard InChI is InChI=1S/C17H34N4O.HI/c1-18-17(19-11-6-3-7-13-22-2)20-15-10-12-21(14-15)16-8-4-5-9-16;/h15-16H,3-14H2,1-2H3,(H2,18,19,20);1H. The van der Waals surface area contributed by atoms with Gasteiger partial charge < -0.3 is 15.4 Å². The summed E-state index contributed by atoms with van der Waals surface area (Å²) >= 11 is 0. The third-order valence-electron chi connectivity index (χ3n) is 4.94. The maximum atomic E-state index is 5.07. The molecule has 23 heavy (non-hydrogen) atoms. The van der Waals surface area contributed by atoms with E-state index in [-0.39, 0.29) is 24.0 Å². The smallest absolute Gasteiger partial charge is 0.191 e. The lowest BCUT2D eigenvalue weighted by Gasteiger charge is -2.24. The highest BCUT2D eigenvalue weighted by atomic mass is 127. The molecule has 1 unspecified atom stereocenters. The van der Waals surface area contributed by atoms with Crippen LogP contribution in [-0.2, 0) is 4.74 Å². The second-order valence-corrected chi connectivity index (χ2v) is 6.62. The van der Waals surface area contributed by atoms with Gasteiger partial charge in [-0.2, -0.15) is 0 Å². The van der Waals surface area contributed by atoms with Crippen LogP contribution in [0.2, 0.25) is 0 Å². The van der Waals surface area contributed by atoms with E-state index in [0.29, 0.717) is 6.04 Å². The van der Waals surface area contributed by atoms with E-state index in [1.807, 2.05) is 7.05 Å². The Bertz CT molecular complexity index is 335. The van der Waals surface area contributed by atoms with Crippen LogP contribution in [0.1, 0.15) is 51.4 Å². The Morgan fingerprint density at radius 1 is 1.17 bits per heavy atom. The zero-order valence-electron chi connectivity index (χ0n) is 14.9. The number of methoxy groups -OCH3 is 1. The van der Waals surface area contributed by atoms with E-state index < -0.39 is 0 Å². The van der Waals surface area contributed by atoms with Crippen molar-refractivity contribution in [2.24, 2.45) is 4.99 Å². The van der Waals surface area contributed by atoms with Crippen LogP contribution < -0.4 is 10.6 Å². The number of nitrogens with zero attached hydrogens (tertiary/aromatic N) is 2. The Morgan fingerprint density at radius 3 is 2.65 bits per heavy atom. The van der Waals surface area contributed by atoms with Gasteiger partial charge in [-0.15, -0.1) is 24.0 Å². The molecule has 2 N–H and O–H groups in total. The van der Waals surface area contributed by atoms with E-state index in [1.54, 1.807) is 7.11 Å². The van der Waals surface area contributed by atoms with Gasteiger partial charge in [-0.1, -0.05) is 12.8 Å². The minimum Gasteiger partial charge on any atom is -0.385 e. The molecule has 1 heterocycles. The number of aliphatic imine (C=N–C) groups is 1. The molecule has 1 saturated heterocycles. The molecule has 1 atom stereocenters. The lowest BCUT2D eigenvalue weighted by molar-refractivity contribution is 0.192. The first kappa shape index (κ1) is 21.0. The molecule has 136 valence electrons. The zero-order valence-corrected chi connectivity index (χ0v) is 17.2. The lowest BCUT2D eigenvalue weighted by atomic mass is 10.2. The van der Waals surface area contributed by atoms with E-state index in [1.165, 1.54) is 58.0 Å². The molecule has 0 amide bonds. The van der Waals surface area contributed by atoms with Crippen LogP contribution >= 0.6 is 24.0 Å². The van der Waals surface area contributed by atoms with Gasteiger partial charge in [0.2, 0.25) is 0 Å². The Labute approximate surface area is 159 Å². The summed E-state index contributed by atoms with van der Waals surface area (Å²) < 4.78 is 5.07. The Kier molecular flexibility index (Phi) is 11.2. The van der Waals surface area contributed by atoms with Gasteiger partial charge in [-0.25, -0.2) is 0 Å². The number of hydrogen-bond acceptors (Lipinski definition) is 3. The number of likely N-dealkylation sites (tertiary alicyclic amines) is 1. The summed E-state index contributed by atoms with van der Waals surface area (Å²) in [5.74, 6) is 0.963. The number of ether oxygens (including phenoxy) is 1. The minimum atomic E-state index is 0. The van der Waals surface area contributed by atoms with Crippen molar-refractivity contribution in [2.45, 2.75) is 63.5 Å². The van der Waals surface area contributed by atoms with Crippen molar-refractivity contribution in [1.82, 2.24) is 15.5 Å². The molecule has 2 rings (SSSR count). The maximum Gasteiger partial charge on any atom is 0.191 e. The van der Waals surface area contributed by atoms with E-state index in [0.717, 1.165) is 31.6 Å². The van der Waals surface area contributed by atoms with Crippen molar-refractivity contribution >= 4 is 29.9 Å². The van der Waals surface area contributed by atoms with Gasteiger partial charge >= 0.3 is 0 Å². The fourth-order valence-electron chi connectivity index (χ4n) is 3.65. The lowest BCUT2D eigenvalue weighted by Crippen LogP contribution is -2.45. The van der Waals surface area contributed by atoms with Crippen molar-refractivity contribution in [3.05, 3.63) is 0 Å². The van der Waals surface area contributed by atoms with Crippen LogP contribution in [0.3, 0.4) is 0 Å². The topological polar surface area (TPSA) is 48.9 Å². The minimum absolute atomic E-state index is 0. The van der Waals surface area contributed by atoms with Gasteiger partial charge in [0.05, 0.1) is 0 Å². The average Bonchev–Trinajstić information content (AvgIpc) is 3.20. The molecular formula is C17H35IN4O. The fourth-order valence-corrected chi connectivity index (χ4v) is 3.65. The molecule has 0 bridgehead atoms. The predicted octanol–water partition coefficient (Wildman–Crippen LogP) is 2.60. The summed E-state index contributed by atoms with van der Waals surface area (Å²) in [7, 11) is 3.63. The van der Waals surface area contributed by atoms with E-state index in [4.69, 9.17) is 4.74 Å². The van der Waals surface area contributed by atoms with Crippen molar-refractivity contribution in [1.29, 1.82) is 0 Å². The molecule has 1 saturated carbocycles. The molecule has 1 aliphatic heterocycles. The second kappa shape index (κ2) is 12.3. The first-order valence-electron chi connectivity index (χ1n) is 9.03. The first-order valence-corrected chi connectivity index (χ1v) is 9.03. The van der Waals surface area contributed by atoms with E-state index in [9.17, 15) is 0 Å². The Morgan fingerprint density at radius 2 is 1.96 bits per heavy atom. The molecule has 0 aromatic carbocycles. The third kappa shape index (κ3) is 7.56. The van der Waals surface area contributed by atoms with E-state index >= 15 is 0 Å². The van der Waals surface area contributed by atoms with Crippen LogP contribution in [-0.4, -0.2) is 63.3 Å². The summed E-state index contributed by atoms with van der Waals surface area (Å²) in [5.41, 5.74) is 0. The normalized spacial score (nSPS) is 23.0. The molecule has 2 fully saturated rings. The maximum absolute atomic E-state index is 5.07. The summed E-state index contributed by atoms with van der Waals surface area (Å²) in [4.78, 5) is 7.04. The number of nitrogens with one attached hydrogen (secondary N) is 2. The van der Waals surface area contributed by atoms with Crippen LogP contribution in [0.5, 0.6) is 0 Å². The monoisotopic (exact) mass is 438 g/mol. The third-order valence-corrected chi connectivity index (χ3v) is 4.94. The summed E-state index contributed by atoms with van der Waals surface area (Å²) in [5, 5.41) is 7.03. The van der Waals surface area contributed by atoms with Crippen LogP contribution in [0.15, 0.2) is 4.99 Å². The van der Waals surface area contributed by atoms with Crippen molar-refractivity contribution in [3.8, 4) is 0 Å². The molecule has 0 spiro atoms. The van der Waals surface area contributed by atoms with Gasteiger partial charge in [0.1, 0.15) is 0 Å². The van der Waals surface area contributed by atoms with Crippen LogP contribution in [0.25, 0.3) is 0 Å². The summed E-state index contributed by atoms with van der Waals surface area (Å²) in [6.45, 7) is 4.28. The number of guanidine groups is 1. The van der Waals surface area contributed by atoms with Crippen LogP contribution in [0, 0.1) is 0 Å². The van der Waals surface area contributed by atoms with Gasteiger partial charge in [0, 0.05) is 52.5 Å². The SMILES string of the molecule is CN=C(NCCCCCOC)NC1CCN(C2CCCC2)C1.I. The Balaban J connectivity index is 0.00000264. The van der Waals surface area contributed by atoms with Crippen molar-refractivity contribution in [2.75, 3.05) is 40.4 Å². The molecule has 0 aromatic heterocycles. The predicted molar refractivity (Wildman–Crippen MR) is 108 cm³/mol. The van der Waals surface area contributed by atoms with Gasteiger partial charge in [-0.05, 0) is 38.5 Å². The van der Waals surface area contributed by atoms with E-state index in [2.05, 4.69) is 20.5 Å². The zero-order chi connectivity index (χ0) is 15.6. The molecule has 0 radical (unpaired) electrons. The van der Waals surface area contributed by atoms with Crippen molar-refractivity contribution in [3.63, 3.8) is 0 Å². The molecule has 0 aromatic rings. The number of rotatable bonds is 8. The number of halogens is 1. The quantitative estimate of drug-likeness (QED) is 0.265. The highest BCUT2D eigenvalue weighted by Crippen LogP contribution is 2.26. The Hall–Kier alpha value is -0.0800. The molecule has 1 aliphatic carbocycles. The molecular weight excluding hydrogens is 403 g/mol. The highest BCUT2D eigenvalue weighted by Gasteiger charge is 2.30. The number of unbranched alkanes of at least 4 members (excludes halogenated alkanes) is 2. The van der Waals surface area contributed by atoms with Crippen LogP contribution in [0.4, 0.5) is 0 Å².